The predicted molar refractivity (Wildman–Crippen MR) is 71.3 cm³/mol. The third kappa shape index (κ3) is 3.10. The van der Waals surface area contributed by atoms with E-state index < -0.39 is 11.9 Å². The Kier molecular flexibility index (Phi) is 4.13. The number of carboxylic acid groups (broad SMARTS) is 1. The van der Waals surface area contributed by atoms with E-state index in [2.05, 4.69) is 4.98 Å². The second kappa shape index (κ2) is 6.00. The van der Waals surface area contributed by atoms with E-state index in [-0.39, 0.29) is 0 Å². The topological polar surface area (TPSA) is 59.4 Å². The fraction of sp³-hybridized carbons (Fsp3) is 0.200. The summed E-state index contributed by atoms with van der Waals surface area (Å²) in [5.41, 5.74) is 1.42. The van der Waals surface area contributed by atoms with Gasteiger partial charge in [0.1, 0.15) is 5.75 Å². The number of rotatable bonds is 5. The number of carbonyl (C=O) groups is 1. The summed E-state index contributed by atoms with van der Waals surface area (Å²) in [7, 11) is 1.54. The van der Waals surface area contributed by atoms with Crippen molar-refractivity contribution in [3.63, 3.8) is 0 Å². The van der Waals surface area contributed by atoms with Crippen molar-refractivity contribution in [1.82, 2.24) is 4.98 Å². The van der Waals surface area contributed by atoms with Crippen LogP contribution in [0, 0.1) is 0 Å². The van der Waals surface area contributed by atoms with Crippen LogP contribution in [0.2, 0.25) is 0 Å². The summed E-state index contributed by atoms with van der Waals surface area (Å²) >= 11 is 0. The number of carboxylic acids is 1. The Morgan fingerprint density at radius 3 is 2.63 bits per heavy atom. The largest absolute Gasteiger partial charge is 0.496 e. The first-order valence-electron chi connectivity index (χ1n) is 5.98. The van der Waals surface area contributed by atoms with Crippen LogP contribution >= 0.6 is 0 Å². The Bertz CT molecular complexity index is 554. The number of aliphatic carboxylic acids is 1. The quantitative estimate of drug-likeness (QED) is 0.894. The summed E-state index contributed by atoms with van der Waals surface area (Å²) in [6.07, 6.45) is 2.01. The van der Waals surface area contributed by atoms with Crippen LogP contribution in [0.3, 0.4) is 0 Å². The molecule has 0 bridgehead atoms. The van der Waals surface area contributed by atoms with Crippen LogP contribution in [-0.4, -0.2) is 23.2 Å². The third-order valence-corrected chi connectivity index (χ3v) is 2.95. The maximum atomic E-state index is 11.5. The molecule has 0 amide bonds. The van der Waals surface area contributed by atoms with Crippen LogP contribution in [0.15, 0.2) is 48.7 Å². The monoisotopic (exact) mass is 257 g/mol. The van der Waals surface area contributed by atoms with E-state index in [0.29, 0.717) is 17.7 Å². The molecule has 0 saturated heterocycles. The molecular formula is C15H15NO3. The lowest BCUT2D eigenvalue weighted by Gasteiger charge is -2.15. The zero-order valence-corrected chi connectivity index (χ0v) is 10.6. The van der Waals surface area contributed by atoms with Crippen LogP contribution in [0.5, 0.6) is 5.75 Å². The highest BCUT2D eigenvalue weighted by Gasteiger charge is 2.23. The molecule has 98 valence electrons. The van der Waals surface area contributed by atoms with Gasteiger partial charge in [0.25, 0.3) is 0 Å². The standard InChI is InChI=1S/C15H15NO3/c1-19-14-8-3-2-7-12(14)13(15(17)18)10-11-6-4-5-9-16-11/h2-9,13H,10H2,1H3,(H,17,18). The molecule has 0 aliphatic carbocycles. The highest BCUT2D eigenvalue weighted by atomic mass is 16.5. The van der Waals surface area contributed by atoms with Gasteiger partial charge in [0.15, 0.2) is 0 Å². The number of ether oxygens (including phenoxy) is 1. The van der Waals surface area contributed by atoms with Gasteiger partial charge in [0.05, 0.1) is 13.0 Å². The molecule has 1 atom stereocenters. The molecule has 4 heteroatoms. The van der Waals surface area contributed by atoms with Gasteiger partial charge in [-0.1, -0.05) is 24.3 Å². The van der Waals surface area contributed by atoms with E-state index in [1.807, 2.05) is 30.3 Å². The van der Waals surface area contributed by atoms with Gasteiger partial charge in [-0.25, -0.2) is 0 Å². The molecule has 2 rings (SSSR count). The molecule has 2 aromatic rings. The van der Waals surface area contributed by atoms with Crippen LogP contribution in [-0.2, 0) is 11.2 Å². The minimum atomic E-state index is -0.879. The number of nitrogens with zero attached hydrogens (tertiary/aromatic N) is 1. The lowest BCUT2D eigenvalue weighted by atomic mass is 9.93. The molecule has 0 spiro atoms. The highest BCUT2D eigenvalue weighted by molar-refractivity contribution is 5.77. The van der Waals surface area contributed by atoms with Gasteiger partial charge in [-0.05, 0) is 18.2 Å². The van der Waals surface area contributed by atoms with Crippen molar-refractivity contribution < 1.29 is 14.6 Å². The second-order valence-corrected chi connectivity index (χ2v) is 4.16. The smallest absolute Gasteiger partial charge is 0.311 e. The van der Waals surface area contributed by atoms with Crippen molar-refractivity contribution in [2.75, 3.05) is 7.11 Å². The number of hydrogen-bond acceptors (Lipinski definition) is 3. The third-order valence-electron chi connectivity index (χ3n) is 2.95. The van der Waals surface area contributed by atoms with Crippen molar-refractivity contribution in [3.05, 3.63) is 59.9 Å². The second-order valence-electron chi connectivity index (χ2n) is 4.16. The number of hydrogen-bond donors (Lipinski definition) is 1. The van der Waals surface area contributed by atoms with Crippen LogP contribution in [0.25, 0.3) is 0 Å². The van der Waals surface area contributed by atoms with Gasteiger partial charge in [0.2, 0.25) is 0 Å². The van der Waals surface area contributed by atoms with E-state index >= 15 is 0 Å². The van der Waals surface area contributed by atoms with Crippen LogP contribution in [0.4, 0.5) is 0 Å². The number of pyridine rings is 1. The summed E-state index contributed by atoms with van der Waals surface area (Å²) in [6, 6.07) is 12.7. The van der Waals surface area contributed by atoms with Crippen molar-refractivity contribution >= 4 is 5.97 Å². The predicted octanol–water partition coefficient (Wildman–Crippen LogP) is 2.50. The number of aromatic nitrogens is 1. The molecule has 0 saturated carbocycles. The van der Waals surface area contributed by atoms with Crippen molar-refractivity contribution in [1.29, 1.82) is 0 Å². The Morgan fingerprint density at radius 1 is 1.26 bits per heavy atom. The number of methoxy groups -OCH3 is 1. The Labute approximate surface area is 111 Å². The maximum absolute atomic E-state index is 11.5. The summed E-state index contributed by atoms with van der Waals surface area (Å²) in [5.74, 6) is -0.952. The van der Waals surface area contributed by atoms with Gasteiger partial charge in [-0.3, -0.25) is 9.78 Å². The SMILES string of the molecule is COc1ccccc1C(Cc1ccccn1)C(=O)O. The molecule has 1 heterocycles. The lowest BCUT2D eigenvalue weighted by Crippen LogP contribution is -2.16. The van der Waals surface area contributed by atoms with Crippen LogP contribution in [0.1, 0.15) is 17.2 Å². The van der Waals surface area contributed by atoms with Crippen LogP contribution < -0.4 is 4.74 Å². The lowest BCUT2D eigenvalue weighted by molar-refractivity contribution is -0.138. The molecule has 19 heavy (non-hydrogen) atoms. The van der Waals surface area contributed by atoms with E-state index in [1.165, 1.54) is 0 Å². The minimum Gasteiger partial charge on any atom is -0.496 e. The highest BCUT2D eigenvalue weighted by Crippen LogP contribution is 2.29. The first-order chi connectivity index (χ1) is 9.22. The first-order valence-corrected chi connectivity index (χ1v) is 5.98. The molecule has 1 N–H and O–H groups in total. The summed E-state index contributed by atoms with van der Waals surface area (Å²) in [5, 5.41) is 9.42. The average molecular weight is 257 g/mol. The molecule has 0 radical (unpaired) electrons. The molecule has 1 aromatic carbocycles. The number of benzene rings is 1. The molecule has 4 nitrogen and oxygen atoms in total. The van der Waals surface area contributed by atoms with Gasteiger partial charge in [0, 0.05) is 23.9 Å². The van der Waals surface area contributed by atoms with Gasteiger partial charge in [-0.2, -0.15) is 0 Å². The fourth-order valence-corrected chi connectivity index (χ4v) is 2.01. The Morgan fingerprint density at radius 2 is 2.00 bits per heavy atom. The van der Waals surface area contributed by atoms with Crippen molar-refractivity contribution in [3.8, 4) is 5.75 Å². The van der Waals surface area contributed by atoms with E-state index in [0.717, 1.165) is 5.69 Å². The van der Waals surface area contributed by atoms with E-state index in [9.17, 15) is 9.90 Å². The number of para-hydroxylation sites is 1. The zero-order valence-electron chi connectivity index (χ0n) is 10.6. The average Bonchev–Trinajstić information content (AvgIpc) is 2.45. The normalized spacial score (nSPS) is 11.8. The minimum absolute atomic E-state index is 0.344. The molecule has 1 aromatic heterocycles. The fourth-order valence-electron chi connectivity index (χ4n) is 2.01. The van der Waals surface area contributed by atoms with Gasteiger partial charge >= 0.3 is 5.97 Å². The van der Waals surface area contributed by atoms with Crippen molar-refractivity contribution in [2.45, 2.75) is 12.3 Å². The summed E-state index contributed by atoms with van der Waals surface area (Å²) < 4.78 is 5.23. The Hall–Kier alpha value is -2.36. The summed E-state index contributed by atoms with van der Waals surface area (Å²) in [6.45, 7) is 0. The molecule has 0 fully saturated rings. The first kappa shape index (κ1) is 13.1. The van der Waals surface area contributed by atoms with E-state index in [4.69, 9.17) is 4.74 Å². The van der Waals surface area contributed by atoms with E-state index in [1.54, 1.807) is 25.4 Å². The van der Waals surface area contributed by atoms with Crippen molar-refractivity contribution in [2.24, 2.45) is 0 Å². The van der Waals surface area contributed by atoms with Gasteiger partial charge < -0.3 is 9.84 Å². The van der Waals surface area contributed by atoms with Gasteiger partial charge in [-0.15, -0.1) is 0 Å². The molecule has 0 aliphatic rings. The molecule has 0 aliphatic heterocycles. The Balaban J connectivity index is 2.33. The zero-order chi connectivity index (χ0) is 13.7. The molecule has 1 unspecified atom stereocenters. The maximum Gasteiger partial charge on any atom is 0.311 e. The summed E-state index contributed by atoms with van der Waals surface area (Å²) in [4.78, 5) is 15.7. The molecular weight excluding hydrogens is 242 g/mol.